The lowest BCUT2D eigenvalue weighted by molar-refractivity contribution is 0.100. The van der Waals surface area contributed by atoms with Gasteiger partial charge >= 0.3 is 6.03 Å². The van der Waals surface area contributed by atoms with Crippen LogP contribution in [0.4, 0.5) is 15.5 Å². The van der Waals surface area contributed by atoms with E-state index in [0.717, 1.165) is 35.6 Å². The van der Waals surface area contributed by atoms with Gasteiger partial charge in [0.2, 0.25) is 0 Å². The van der Waals surface area contributed by atoms with Crippen molar-refractivity contribution in [2.45, 2.75) is 12.5 Å². The van der Waals surface area contributed by atoms with Gasteiger partial charge in [0, 0.05) is 35.3 Å². The quantitative estimate of drug-likeness (QED) is 0.652. The normalized spacial score (nSPS) is 16.8. The molecule has 6 N–H and O–H groups in total. The monoisotopic (exact) mass is 359 g/mol. The van der Waals surface area contributed by atoms with Gasteiger partial charge in [-0.25, -0.2) is 4.79 Å². The number of rotatable bonds is 5. The highest BCUT2D eigenvalue weighted by Crippen LogP contribution is 2.40. The van der Waals surface area contributed by atoms with Crippen LogP contribution in [0.2, 0.25) is 0 Å². The Morgan fingerprint density at radius 1 is 1.28 bits per heavy atom. The molecule has 1 aromatic carbocycles. The Labute approximate surface area is 150 Å². The molecule has 0 saturated carbocycles. The molecule has 2 heterocycles. The number of amides is 3. The second-order valence-electron chi connectivity index (χ2n) is 5.94. The van der Waals surface area contributed by atoms with Gasteiger partial charge in [-0.3, -0.25) is 10.1 Å². The molecule has 1 fully saturated rings. The van der Waals surface area contributed by atoms with Crippen molar-refractivity contribution in [3.05, 3.63) is 35.9 Å². The number of carbonyl (C=O) groups is 2. The molecule has 132 valence electrons. The molecule has 1 aromatic heterocycles. The van der Waals surface area contributed by atoms with E-state index in [0.29, 0.717) is 11.0 Å². The lowest BCUT2D eigenvalue weighted by Crippen LogP contribution is -2.29. The number of thiophene rings is 1. The van der Waals surface area contributed by atoms with Crippen molar-refractivity contribution in [2.75, 3.05) is 30.4 Å². The second-order valence-corrected chi connectivity index (χ2v) is 7.00. The Morgan fingerprint density at radius 2 is 2.04 bits per heavy atom. The number of benzene rings is 1. The molecule has 0 spiro atoms. The number of urea groups is 1. The molecule has 8 heteroatoms. The number of likely N-dealkylation sites (N-methyl/N-ethyl adjacent to an activating group) is 1. The number of anilines is 2. The van der Waals surface area contributed by atoms with Crippen LogP contribution in [0.3, 0.4) is 0 Å². The van der Waals surface area contributed by atoms with Crippen molar-refractivity contribution >= 4 is 34.0 Å². The third kappa shape index (κ3) is 3.59. The largest absolute Gasteiger partial charge is 0.369 e. The maximum absolute atomic E-state index is 11.7. The summed E-state index contributed by atoms with van der Waals surface area (Å²) in [6.07, 6.45) is 1.08. The number of nitrogens with zero attached hydrogens (tertiary/aromatic N) is 1. The Bertz CT molecular complexity index is 804. The maximum Gasteiger partial charge on any atom is 0.317 e. The van der Waals surface area contributed by atoms with Crippen LogP contribution in [0.15, 0.2) is 30.3 Å². The zero-order valence-corrected chi connectivity index (χ0v) is 14.7. The summed E-state index contributed by atoms with van der Waals surface area (Å²) in [5, 5.41) is 6.17. The number of para-hydroxylation sites is 1. The molecule has 1 aliphatic rings. The fourth-order valence-corrected chi connectivity index (χ4v) is 4.18. The number of primary amides is 2. The van der Waals surface area contributed by atoms with Crippen LogP contribution in [0.25, 0.3) is 10.4 Å². The first-order valence-corrected chi connectivity index (χ1v) is 8.83. The van der Waals surface area contributed by atoms with Gasteiger partial charge in [0.25, 0.3) is 5.91 Å². The predicted octanol–water partition coefficient (Wildman–Crippen LogP) is 1.80. The summed E-state index contributed by atoms with van der Waals surface area (Å²) in [6, 6.07) is 9.48. The fraction of sp³-hybridized carbons (Fsp3) is 0.294. The first-order valence-electron chi connectivity index (χ1n) is 8.01. The fourth-order valence-electron chi connectivity index (χ4n) is 3.08. The van der Waals surface area contributed by atoms with Crippen LogP contribution in [-0.2, 0) is 0 Å². The first-order chi connectivity index (χ1) is 12.0. The van der Waals surface area contributed by atoms with Crippen molar-refractivity contribution in [1.82, 2.24) is 5.32 Å². The van der Waals surface area contributed by atoms with Gasteiger partial charge in [-0.15, -0.1) is 11.3 Å². The predicted molar refractivity (Wildman–Crippen MR) is 101 cm³/mol. The molecule has 1 saturated heterocycles. The van der Waals surface area contributed by atoms with Crippen LogP contribution in [-0.4, -0.2) is 38.1 Å². The topological polar surface area (TPSA) is 113 Å². The molecule has 3 rings (SSSR count). The molecule has 25 heavy (non-hydrogen) atoms. The molecular weight excluding hydrogens is 338 g/mol. The summed E-state index contributed by atoms with van der Waals surface area (Å²) in [7, 11) is 1.97. The molecule has 0 bridgehead atoms. The van der Waals surface area contributed by atoms with Gasteiger partial charge in [0.1, 0.15) is 5.00 Å². The van der Waals surface area contributed by atoms with E-state index in [9.17, 15) is 9.59 Å². The zero-order chi connectivity index (χ0) is 18.0. The summed E-state index contributed by atoms with van der Waals surface area (Å²) in [5.74, 6) is -0.597. The van der Waals surface area contributed by atoms with E-state index in [2.05, 4.69) is 21.6 Å². The van der Waals surface area contributed by atoms with Gasteiger partial charge in [-0.1, -0.05) is 18.2 Å². The van der Waals surface area contributed by atoms with Crippen molar-refractivity contribution in [3.63, 3.8) is 0 Å². The first kappa shape index (κ1) is 17.2. The van der Waals surface area contributed by atoms with E-state index >= 15 is 0 Å². The molecule has 1 aliphatic heterocycles. The number of hydrogen-bond acceptors (Lipinski definition) is 5. The molecule has 1 atom stereocenters. The summed E-state index contributed by atoms with van der Waals surface area (Å²) in [6.45, 7) is 1.89. The van der Waals surface area contributed by atoms with E-state index in [1.807, 2.05) is 25.2 Å². The van der Waals surface area contributed by atoms with Gasteiger partial charge in [0.05, 0.1) is 5.56 Å². The molecule has 2 aromatic rings. The van der Waals surface area contributed by atoms with Gasteiger partial charge in [-0.05, 0) is 25.6 Å². The summed E-state index contributed by atoms with van der Waals surface area (Å²) >= 11 is 1.29. The summed E-state index contributed by atoms with van der Waals surface area (Å²) < 4.78 is 0. The standard InChI is InChI=1S/C17H21N5O2S/c1-20-10-6-7-22(9-10)13-5-3-2-4-11(13)14-8-12(15(18)23)16(25-14)21-17(19)24/h2-5,8,10,20H,6-7,9H2,1H3,(H2,18,23)(H3,19,21,24). The molecule has 3 amide bonds. The van der Waals surface area contributed by atoms with E-state index in [1.165, 1.54) is 11.3 Å². The zero-order valence-electron chi connectivity index (χ0n) is 13.9. The molecule has 7 nitrogen and oxygen atoms in total. The van der Waals surface area contributed by atoms with Crippen LogP contribution >= 0.6 is 11.3 Å². The Hall–Kier alpha value is -2.58. The van der Waals surface area contributed by atoms with Crippen molar-refractivity contribution in [3.8, 4) is 10.4 Å². The third-order valence-corrected chi connectivity index (χ3v) is 5.42. The van der Waals surface area contributed by atoms with Gasteiger partial charge in [-0.2, -0.15) is 0 Å². The van der Waals surface area contributed by atoms with Crippen molar-refractivity contribution in [2.24, 2.45) is 11.5 Å². The van der Waals surface area contributed by atoms with Crippen molar-refractivity contribution < 1.29 is 9.59 Å². The summed E-state index contributed by atoms with van der Waals surface area (Å²) in [4.78, 5) is 26.1. The molecular formula is C17H21N5O2S. The molecule has 1 unspecified atom stereocenters. The third-order valence-electron chi connectivity index (χ3n) is 4.34. The Kier molecular flexibility index (Phi) is 4.91. The van der Waals surface area contributed by atoms with E-state index in [-0.39, 0.29) is 5.56 Å². The second kappa shape index (κ2) is 7.12. The van der Waals surface area contributed by atoms with Gasteiger partial charge < -0.3 is 21.7 Å². The van der Waals surface area contributed by atoms with Crippen LogP contribution in [0.5, 0.6) is 0 Å². The average Bonchev–Trinajstić information content (AvgIpc) is 3.21. The van der Waals surface area contributed by atoms with Gasteiger partial charge in [0.15, 0.2) is 0 Å². The minimum atomic E-state index is -0.722. The van der Waals surface area contributed by atoms with E-state index < -0.39 is 11.9 Å². The maximum atomic E-state index is 11.7. The van der Waals surface area contributed by atoms with E-state index in [1.54, 1.807) is 6.07 Å². The molecule has 0 aliphatic carbocycles. The Balaban J connectivity index is 2.00. The number of nitrogens with two attached hydrogens (primary N) is 2. The van der Waals surface area contributed by atoms with E-state index in [4.69, 9.17) is 11.5 Å². The lowest BCUT2D eigenvalue weighted by Gasteiger charge is -2.21. The smallest absolute Gasteiger partial charge is 0.317 e. The SMILES string of the molecule is CNC1CCN(c2ccccc2-c2cc(C(N)=O)c(NC(N)=O)s2)C1. The number of carbonyl (C=O) groups excluding carboxylic acids is 2. The highest BCUT2D eigenvalue weighted by atomic mass is 32.1. The number of hydrogen-bond donors (Lipinski definition) is 4. The number of nitrogens with one attached hydrogen (secondary N) is 2. The van der Waals surface area contributed by atoms with Crippen LogP contribution in [0, 0.1) is 0 Å². The van der Waals surface area contributed by atoms with Crippen molar-refractivity contribution in [1.29, 1.82) is 0 Å². The highest BCUT2D eigenvalue weighted by molar-refractivity contribution is 7.20. The average molecular weight is 359 g/mol. The Morgan fingerprint density at radius 3 is 2.68 bits per heavy atom. The minimum Gasteiger partial charge on any atom is -0.369 e. The molecule has 0 radical (unpaired) electrons. The lowest BCUT2D eigenvalue weighted by atomic mass is 10.1. The highest BCUT2D eigenvalue weighted by Gasteiger charge is 2.24. The van der Waals surface area contributed by atoms with Crippen LogP contribution in [0.1, 0.15) is 16.8 Å². The minimum absolute atomic E-state index is 0.267. The summed E-state index contributed by atoms with van der Waals surface area (Å²) in [5.41, 5.74) is 13.0. The van der Waals surface area contributed by atoms with Crippen LogP contribution < -0.4 is 27.0 Å².